The van der Waals surface area contributed by atoms with Crippen LogP contribution in [0.3, 0.4) is 0 Å². The lowest BCUT2D eigenvalue weighted by molar-refractivity contribution is -0.130. The first-order valence-electron chi connectivity index (χ1n) is 5.60. The summed E-state index contributed by atoms with van der Waals surface area (Å²) in [7, 11) is 3.37. The Balaban J connectivity index is 2.61. The third kappa shape index (κ3) is 3.62. The number of nitrogens with one attached hydrogen (secondary N) is 1. The van der Waals surface area contributed by atoms with Crippen molar-refractivity contribution >= 4 is 11.7 Å². The largest absolute Gasteiger partial charge is 0.495 e. The first-order chi connectivity index (χ1) is 8.08. The number of hydrogen-bond acceptors (Lipinski definition) is 4. The van der Waals surface area contributed by atoms with Gasteiger partial charge in [-0.1, -0.05) is 0 Å². The van der Waals surface area contributed by atoms with Gasteiger partial charge >= 0.3 is 0 Å². The van der Waals surface area contributed by atoms with Crippen LogP contribution in [0.15, 0.2) is 18.3 Å². The second-order valence-corrected chi connectivity index (χ2v) is 3.80. The highest BCUT2D eigenvalue weighted by Crippen LogP contribution is 2.12. The van der Waals surface area contributed by atoms with E-state index in [2.05, 4.69) is 10.3 Å². The van der Waals surface area contributed by atoms with Gasteiger partial charge in [0.15, 0.2) is 0 Å². The van der Waals surface area contributed by atoms with Gasteiger partial charge in [-0.05, 0) is 26.0 Å². The number of amides is 1. The minimum atomic E-state index is -0.291. The molecule has 17 heavy (non-hydrogen) atoms. The van der Waals surface area contributed by atoms with Crippen molar-refractivity contribution in [3.63, 3.8) is 0 Å². The van der Waals surface area contributed by atoms with Crippen LogP contribution < -0.4 is 10.1 Å². The van der Waals surface area contributed by atoms with Gasteiger partial charge in [0.25, 0.3) is 0 Å². The van der Waals surface area contributed by atoms with E-state index >= 15 is 0 Å². The molecule has 0 aliphatic rings. The maximum Gasteiger partial charge on any atom is 0.244 e. The fraction of sp³-hybridized carbons (Fsp3) is 0.500. The van der Waals surface area contributed by atoms with Crippen LogP contribution in [0.2, 0.25) is 0 Å². The lowest BCUT2D eigenvalue weighted by Gasteiger charge is -2.20. The number of pyridine rings is 1. The number of ether oxygens (including phenoxy) is 1. The summed E-state index contributed by atoms with van der Waals surface area (Å²) in [6.07, 6.45) is 1.61. The molecule has 1 N–H and O–H groups in total. The molecular weight excluding hydrogens is 218 g/mol. The molecule has 1 atom stereocenters. The molecule has 5 nitrogen and oxygen atoms in total. The normalized spacial score (nSPS) is 11.8. The second kappa shape index (κ2) is 6.08. The molecule has 1 aromatic rings. The van der Waals surface area contributed by atoms with E-state index in [0.29, 0.717) is 18.1 Å². The zero-order valence-electron chi connectivity index (χ0n) is 10.7. The summed E-state index contributed by atoms with van der Waals surface area (Å²) in [5.41, 5.74) is 0. The molecule has 0 bridgehead atoms. The Kier molecular flexibility index (Phi) is 4.75. The van der Waals surface area contributed by atoms with Crippen LogP contribution in [-0.4, -0.2) is 42.5 Å². The van der Waals surface area contributed by atoms with Gasteiger partial charge in [0.05, 0.1) is 13.3 Å². The van der Waals surface area contributed by atoms with Gasteiger partial charge in [0.2, 0.25) is 5.91 Å². The van der Waals surface area contributed by atoms with Gasteiger partial charge < -0.3 is 15.0 Å². The molecular formula is C12H19N3O2. The van der Waals surface area contributed by atoms with Crippen LogP contribution in [0.25, 0.3) is 0 Å². The number of rotatable bonds is 5. The lowest BCUT2D eigenvalue weighted by Crippen LogP contribution is -2.38. The van der Waals surface area contributed by atoms with Gasteiger partial charge in [0.1, 0.15) is 17.6 Å². The SMILES string of the molecule is CCN(C)C(=O)C(C)Nc1ccc(OC)cn1. The van der Waals surface area contributed by atoms with Crippen molar-refractivity contribution in [1.29, 1.82) is 0 Å². The molecule has 1 aromatic heterocycles. The van der Waals surface area contributed by atoms with Crippen LogP contribution in [0.1, 0.15) is 13.8 Å². The molecule has 5 heteroatoms. The summed E-state index contributed by atoms with van der Waals surface area (Å²) < 4.78 is 5.01. The number of carbonyl (C=O) groups is 1. The highest BCUT2D eigenvalue weighted by atomic mass is 16.5. The minimum absolute atomic E-state index is 0.0464. The summed E-state index contributed by atoms with van der Waals surface area (Å²) in [5, 5.41) is 3.05. The zero-order valence-corrected chi connectivity index (χ0v) is 10.7. The maximum absolute atomic E-state index is 11.8. The Labute approximate surface area is 102 Å². The van der Waals surface area contributed by atoms with Crippen molar-refractivity contribution in [2.24, 2.45) is 0 Å². The van der Waals surface area contributed by atoms with Crippen molar-refractivity contribution < 1.29 is 9.53 Å². The predicted molar refractivity (Wildman–Crippen MR) is 67.2 cm³/mol. The molecule has 1 unspecified atom stereocenters. The topological polar surface area (TPSA) is 54.5 Å². The van der Waals surface area contributed by atoms with Crippen molar-refractivity contribution in [1.82, 2.24) is 9.88 Å². The fourth-order valence-corrected chi connectivity index (χ4v) is 1.36. The summed E-state index contributed by atoms with van der Waals surface area (Å²) in [4.78, 5) is 17.6. The van der Waals surface area contributed by atoms with Crippen LogP contribution in [0, 0.1) is 0 Å². The van der Waals surface area contributed by atoms with Crippen LogP contribution in [-0.2, 0) is 4.79 Å². The first kappa shape index (κ1) is 13.3. The first-order valence-corrected chi connectivity index (χ1v) is 5.60. The minimum Gasteiger partial charge on any atom is -0.495 e. The van der Waals surface area contributed by atoms with E-state index in [-0.39, 0.29) is 11.9 Å². The lowest BCUT2D eigenvalue weighted by atomic mass is 10.3. The molecule has 0 fully saturated rings. The summed E-state index contributed by atoms with van der Waals surface area (Å²) in [6, 6.07) is 3.30. The number of carbonyl (C=O) groups excluding carboxylic acids is 1. The molecule has 1 rings (SSSR count). The third-order valence-corrected chi connectivity index (χ3v) is 2.56. The highest BCUT2D eigenvalue weighted by molar-refractivity contribution is 5.83. The van der Waals surface area contributed by atoms with Gasteiger partial charge in [-0.3, -0.25) is 4.79 Å². The second-order valence-electron chi connectivity index (χ2n) is 3.80. The molecule has 0 saturated carbocycles. The van der Waals surface area contributed by atoms with E-state index in [1.165, 1.54) is 0 Å². The van der Waals surface area contributed by atoms with Crippen molar-refractivity contribution in [3.05, 3.63) is 18.3 Å². The molecule has 0 radical (unpaired) electrons. The van der Waals surface area contributed by atoms with Crippen LogP contribution in [0.4, 0.5) is 5.82 Å². The molecule has 0 aromatic carbocycles. The molecule has 0 spiro atoms. The van der Waals surface area contributed by atoms with E-state index in [1.54, 1.807) is 37.4 Å². The highest BCUT2D eigenvalue weighted by Gasteiger charge is 2.16. The van der Waals surface area contributed by atoms with Crippen LogP contribution >= 0.6 is 0 Å². The fourth-order valence-electron chi connectivity index (χ4n) is 1.36. The van der Waals surface area contributed by atoms with Gasteiger partial charge in [-0.2, -0.15) is 0 Å². The summed E-state index contributed by atoms with van der Waals surface area (Å²) >= 11 is 0. The number of hydrogen-bond donors (Lipinski definition) is 1. The standard InChI is InChI=1S/C12H19N3O2/c1-5-15(3)12(16)9(2)14-11-7-6-10(17-4)8-13-11/h6-9H,5H2,1-4H3,(H,13,14). The van der Waals surface area contributed by atoms with E-state index in [4.69, 9.17) is 4.74 Å². The average Bonchev–Trinajstić information content (AvgIpc) is 2.37. The van der Waals surface area contributed by atoms with Crippen molar-refractivity contribution in [3.8, 4) is 5.75 Å². The van der Waals surface area contributed by atoms with Crippen molar-refractivity contribution in [2.45, 2.75) is 19.9 Å². The van der Waals surface area contributed by atoms with E-state index in [1.807, 2.05) is 13.8 Å². The molecule has 0 aliphatic heterocycles. The Morgan fingerprint density at radius 1 is 1.59 bits per heavy atom. The zero-order chi connectivity index (χ0) is 12.8. The van der Waals surface area contributed by atoms with Crippen molar-refractivity contribution in [2.75, 3.05) is 26.0 Å². The average molecular weight is 237 g/mol. The van der Waals surface area contributed by atoms with Crippen LogP contribution in [0.5, 0.6) is 5.75 Å². The molecule has 0 saturated heterocycles. The van der Waals surface area contributed by atoms with E-state index < -0.39 is 0 Å². The van der Waals surface area contributed by atoms with E-state index in [0.717, 1.165) is 0 Å². The number of nitrogens with zero attached hydrogens (tertiary/aromatic N) is 2. The van der Waals surface area contributed by atoms with E-state index in [9.17, 15) is 4.79 Å². The number of likely N-dealkylation sites (N-methyl/N-ethyl adjacent to an activating group) is 1. The smallest absolute Gasteiger partial charge is 0.244 e. The Morgan fingerprint density at radius 2 is 2.29 bits per heavy atom. The molecule has 1 amide bonds. The maximum atomic E-state index is 11.8. The summed E-state index contributed by atoms with van der Waals surface area (Å²) in [6.45, 7) is 4.46. The summed E-state index contributed by atoms with van der Waals surface area (Å²) in [5.74, 6) is 1.40. The monoisotopic (exact) mass is 237 g/mol. The Hall–Kier alpha value is -1.78. The molecule has 1 heterocycles. The Morgan fingerprint density at radius 3 is 2.76 bits per heavy atom. The van der Waals surface area contributed by atoms with Gasteiger partial charge in [-0.25, -0.2) is 4.98 Å². The van der Waals surface area contributed by atoms with Gasteiger partial charge in [0, 0.05) is 13.6 Å². The third-order valence-electron chi connectivity index (χ3n) is 2.56. The van der Waals surface area contributed by atoms with Gasteiger partial charge in [-0.15, -0.1) is 0 Å². The predicted octanol–water partition coefficient (Wildman–Crippen LogP) is 1.37. The number of anilines is 1. The molecule has 0 aliphatic carbocycles. The Bertz CT molecular complexity index is 365. The number of methoxy groups -OCH3 is 1. The quantitative estimate of drug-likeness (QED) is 0.840. The number of aromatic nitrogens is 1. The molecule has 94 valence electrons.